The summed E-state index contributed by atoms with van der Waals surface area (Å²) in [6, 6.07) is 22.5. The van der Waals surface area contributed by atoms with Crippen molar-refractivity contribution in [3.8, 4) is 34.3 Å². The van der Waals surface area contributed by atoms with Crippen LogP contribution in [0.25, 0.3) is 16.8 Å². The largest absolute Gasteiger partial charge is 0.467 e. The molecule has 0 spiro atoms. The van der Waals surface area contributed by atoms with Crippen LogP contribution in [0, 0.1) is 0 Å². The molecule has 0 aliphatic rings. The zero-order valence-corrected chi connectivity index (χ0v) is 17.7. The number of rotatable bonds is 7. The van der Waals surface area contributed by atoms with E-state index in [1.165, 1.54) is 16.4 Å². The van der Waals surface area contributed by atoms with Gasteiger partial charge in [0.1, 0.15) is 11.5 Å². The molecule has 31 heavy (non-hydrogen) atoms. The molecule has 1 aromatic heterocycles. The fourth-order valence-corrected chi connectivity index (χ4v) is 3.36. The highest BCUT2D eigenvalue weighted by molar-refractivity contribution is 6.32. The molecule has 0 aliphatic heterocycles. The summed E-state index contributed by atoms with van der Waals surface area (Å²) in [6.45, 7) is 0.00468. The normalized spacial score (nSPS) is 10.7. The first-order valence-electron chi connectivity index (χ1n) is 9.48. The number of hydrogen-bond donors (Lipinski definition) is 0. The quantitative estimate of drug-likeness (QED) is 0.403. The number of aromatic nitrogens is 3. The van der Waals surface area contributed by atoms with E-state index in [0.717, 1.165) is 11.1 Å². The minimum atomic E-state index is -0.301. The third kappa shape index (κ3) is 4.27. The fraction of sp³-hybridized carbons (Fsp3) is 0.130. The molecule has 0 radical (unpaired) electrons. The summed E-state index contributed by atoms with van der Waals surface area (Å²) in [4.78, 5) is 12.6. The molecule has 4 aromatic rings. The highest BCUT2D eigenvalue weighted by Gasteiger charge is 2.17. The lowest BCUT2D eigenvalue weighted by atomic mass is 10.0. The van der Waals surface area contributed by atoms with Gasteiger partial charge in [-0.25, -0.2) is 14.0 Å². The van der Waals surface area contributed by atoms with Gasteiger partial charge >= 0.3 is 11.7 Å². The van der Waals surface area contributed by atoms with Gasteiger partial charge in [-0.2, -0.15) is 0 Å². The van der Waals surface area contributed by atoms with Gasteiger partial charge in [0.2, 0.25) is 6.79 Å². The molecule has 158 valence electrons. The van der Waals surface area contributed by atoms with Crippen LogP contribution in [0.4, 0.5) is 0 Å². The molecule has 0 aliphatic carbocycles. The Morgan fingerprint density at radius 2 is 1.74 bits per heavy atom. The smallest absolute Gasteiger partial charge is 0.353 e. The molecule has 0 N–H and O–H groups in total. The number of halogens is 1. The summed E-state index contributed by atoms with van der Waals surface area (Å²) in [5, 5.41) is 4.64. The lowest BCUT2D eigenvalue weighted by Crippen LogP contribution is -2.22. The molecule has 0 atom stereocenters. The molecule has 0 saturated carbocycles. The van der Waals surface area contributed by atoms with Crippen LogP contribution in [-0.2, 0) is 7.05 Å². The molecule has 0 saturated heterocycles. The van der Waals surface area contributed by atoms with Crippen molar-refractivity contribution in [2.75, 3.05) is 13.9 Å². The summed E-state index contributed by atoms with van der Waals surface area (Å²) in [6.07, 6.45) is 0. The molecule has 3 aromatic carbocycles. The Bertz CT molecular complexity index is 1270. The monoisotopic (exact) mass is 437 g/mol. The average molecular weight is 438 g/mol. The highest BCUT2D eigenvalue weighted by atomic mass is 35.5. The van der Waals surface area contributed by atoms with Gasteiger partial charge in [-0.15, -0.1) is 5.10 Å². The van der Waals surface area contributed by atoms with E-state index < -0.39 is 0 Å². The molecular formula is C23H20ClN3O4. The van der Waals surface area contributed by atoms with Crippen LogP contribution in [0.5, 0.6) is 17.5 Å². The summed E-state index contributed by atoms with van der Waals surface area (Å²) < 4.78 is 19.3. The van der Waals surface area contributed by atoms with Crippen molar-refractivity contribution in [3.63, 3.8) is 0 Å². The summed E-state index contributed by atoms with van der Waals surface area (Å²) in [5.74, 6) is 1.17. The van der Waals surface area contributed by atoms with E-state index in [1.54, 1.807) is 19.2 Å². The van der Waals surface area contributed by atoms with Crippen molar-refractivity contribution in [3.05, 3.63) is 88.3 Å². The van der Waals surface area contributed by atoms with Gasteiger partial charge in [0, 0.05) is 12.6 Å². The van der Waals surface area contributed by atoms with Crippen LogP contribution in [0.2, 0.25) is 5.02 Å². The van der Waals surface area contributed by atoms with Gasteiger partial charge in [0.25, 0.3) is 0 Å². The zero-order valence-electron chi connectivity index (χ0n) is 17.0. The second-order valence-corrected chi connectivity index (χ2v) is 7.02. The van der Waals surface area contributed by atoms with Crippen molar-refractivity contribution >= 4 is 11.6 Å². The highest BCUT2D eigenvalue weighted by Crippen LogP contribution is 2.30. The van der Waals surface area contributed by atoms with E-state index in [4.69, 9.17) is 25.8 Å². The maximum atomic E-state index is 12.6. The summed E-state index contributed by atoms with van der Waals surface area (Å²) in [5.41, 5.74) is 2.05. The second kappa shape index (κ2) is 8.97. The molecular weight excluding hydrogens is 418 g/mol. The number of hydrogen-bond acceptors (Lipinski definition) is 5. The predicted octanol–water partition coefficient (Wildman–Crippen LogP) is 4.32. The molecule has 1 heterocycles. The molecule has 4 rings (SSSR count). The molecule has 0 fully saturated rings. The Morgan fingerprint density at radius 3 is 2.55 bits per heavy atom. The number of methoxy groups -OCH3 is 1. The Balaban J connectivity index is 1.62. The molecule has 8 heteroatoms. The summed E-state index contributed by atoms with van der Waals surface area (Å²) >= 11 is 6.10. The van der Waals surface area contributed by atoms with Crippen LogP contribution < -0.4 is 19.9 Å². The van der Waals surface area contributed by atoms with Crippen molar-refractivity contribution in [2.45, 2.75) is 0 Å². The van der Waals surface area contributed by atoms with E-state index in [2.05, 4.69) is 5.10 Å². The standard InChI is InChI=1S/C23H20ClN3O4/c1-26-23(28)27(22(25-26)29-2)20-12-5-3-10-18(20)16-8-7-9-17(14-16)30-15-31-21-13-6-4-11-19(21)24/h3-14H,15H2,1-2H3. The van der Waals surface area contributed by atoms with E-state index in [9.17, 15) is 4.79 Å². The third-order valence-corrected chi connectivity index (χ3v) is 4.96. The maximum Gasteiger partial charge on any atom is 0.353 e. The first-order chi connectivity index (χ1) is 15.1. The fourth-order valence-electron chi connectivity index (χ4n) is 3.17. The van der Waals surface area contributed by atoms with Crippen molar-refractivity contribution in [1.82, 2.24) is 14.3 Å². The molecule has 0 unspecified atom stereocenters. The first-order valence-corrected chi connectivity index (χ1v) is 9.86. The number of benzene rings is 3. The van der Waals surface area contributed by atoms with Crippen molar-refractivity contribution < 1.29 is 14.2 Å². The van der Waals surface area contributed by atoms with E-state index >= 15 is 0 Å². The summed E-state index contributed by atoms with van der Waals surface area (Å²) in [7, 11) is 3.06. The van der Waals surface area contributed by atoms with E-state index in [1.807, 2.05) is 60.7 Å². The Hall–Kier alpha value is -3.71. The minimum Gasteiger partial charge on any atom is -0.467 e. The van der Waals surface area contributed by atoms with Crippen LogP contribution >= 0.6 is 11.6 Å². The number of aryl methyl sites for hydroxylation is 1. The van der Waals surface area contributed by atoms with Crippen LogP contribution in [0.3, 0.4) is 0 Å². The van der Waals surface area contributed by atoms with Crippen LogP contribution in [-0.4, -0.2) is 28.3 Å². The maximum absolute atomic E-state index is 12.6. The van der Waals surface area contributed by atoms with E-state index in [0.29, 0.717) is 22.2 Å². The molecule has 7 nitrogen and oxygen atoms in total. The third-order valence-electron chi connectivity index (χ3n) is 4.64. The first kappa shape index (κ1) is 20.6. The molecule has 0 bridgehead atoms. The lowest BCUT2D eigenvalue weighted by molar-refractivity contribution is 0.120. The van der Waals surface area contributed by atoms with Crippen LogP contribution in [0.1, 0.15) is 0 Å². The van der Waals surface area contributed by atoms with Gasteiger partial charge in [0.15, 0.2) is 0 Å². The average Bonchev–Trinajstić information content (AvgIpc) is 3.09. The Kier molecular flexibility index (Phi) is 5.95. The van der Waals surface area contributed by atoms with Gasteiger partial charge in [0.05, 0.1) is 17.8 Å². The Labute approximate surface area is 184 Å². The minimum absolute atomic E-state index is 0.00468. The van der Waals surface area contributed by atoms with Crippen LogP contribution in [0.15, 0.2) is 77.6 Å². The predicted molar refractivity (Wildman–Crippen MR) is 118 cm³/mol. The van der Waals surface area contributed by atoms with Crippen molar-refractivity contribution in [1.29, 1.82) is 0 Å². The number of ether oxygens (including phenoxy) is 3. The van der Waals surface area contributed by atoms with Gasteiger partial charge in [-0.05, 0) is 35.9 Å². The van der Waals surface area contributed by atoms with E-state index in [-0.39, 0.29) is 18.5 Å². The molecule has 0 amide bonds. The second-order valence-electron chi connectivity index (χ2n) is 6.61. The van der Waals surface area contributed by atoms with Gasteiger partial charge in [-0.1, -0.05) is 54.1 Å². The van der Waals surface area contributed by atoms with Gasteiger partial charge in [-0.3, -0.25) is 0 Å². The number of nitrogens with zero attached hydrogens (tertiary/aromatic N) is 3. The SMILES string of the molecule is COc1nn(C)c(=O)n1-c1ccccc1-c1cccc(OCOc2ccccc2Cl)c1. The Morgan fingerprint density at radius 1 is 0.968 bits per heavy atom. The lowest BCUT2D eigenvalue weighted by Gasteiger charge is -2.13. The topological polar surface area (TPSA) is 67.5 Å². The van der Waals surface area contributed by atoms with Crippen molar-refractivity contribution in [2.24, 2.45) is 7.05 Å². The zero-order chi connectivity index (χ0) is 21.8. The number of para-hydroxylation sites is 2. The van der Waals surface area contributed by atoms with Gasteiger partial charge < -0.3 is 14.2 Å².